The molecule has 0 aliphatic carbocycles. The first-order valence-corrected chi connectivity index (χ1v) is 2.37. The van der Waals surface area contributed by atoms with Crippen molar-refractivity contribution in [3.63, 3.8) is 0 Å². The predicted octanol–water partition coefficient (Wildman–Crippen LogP) is -0.858. The molecule has 4 N–H and O–H groups in total. The van der Waals surface area contributed by atoms with Gasteiger partial charge in [-0.2, -0.15) is 0 Å². The van der Waals surface area contributed by atoms with Gasteiger partial charge >= 0.3 is 0 Å². The third-order valence-electron chi connectivity index (χ3n) is 0.685. The number of primary amides is 1. The molecular formula is C4H10N2O2. The van der Waals surface area contributed by atoms with Gasteiger partial charge in [0.05, 0.1) is 6.61 Å². The Balaban J connectivity index is 2.82. The zero-order valence-electron chi connectivity index (χ0n) is 4.59. The van der Waals surface area contributed by atoms with Gasteiger partial charge < -0.3 is 10.6 Å². The summed E-state index contributed by atoms with van der Waals surface area (Å²) in [6.07, 6.45) is 0.947. The van der Waals surface area contributed by atoms with Crippen molar-refractivity contribution < 1.29 is 9.63 Å². The molecule has 0 aromatic carbocycles. The van der Waals surface area contributed by atoms with Crippen molar-refractivity contribution in [2.75, 3.05) is 6.61 Å². The van der Waals surface area contributed by atoms with Gasteiger partial charge in [0.25, 0.3) is 0 Å². The summed E-state index contributed by atoms with van der Waals surface area (Å²) in [6, 6.07) is 0. The monoisotopic (exact) mass is 118 g/mol. The van der Waals surface area contributed by atoms with E-state index < -0.39 is 0 Å². The predicted molar refractivity (Wildman–Crippen MR) is 28.6 cm³/mol. The summed E-state index contributed by atoms with van der Waals surface area (Å²) >= 11 is 0. The minimum atomic E-state index is -0.318. The summed E-state index contributed by atoms with van der Waals surface area (Å²) in [7, 11) is 0. The van der Waals surface area contributed by atoms with E-state index in [1.54, 1.807) is 0 Å². The van der Waals surface area contributed by atoms with Crippen molar-refractivity contribution in [3.8, 4) is 0 Å². The minimum absolute atomic E-state index is 0.318. The summed E-state index contributed by atoms with van der Waals surface area (Å²) in [5.41, 5.74) is 4.80. The Morgan fingerprint density at radius 2 is 2.25 bits per heavy atom. The van der Waals surface area contributed by atoms with Gasteiger partial charge in [-0.15, -0.1) is 0 Å². The smallest absolute Gasteiger partial charge is 0.217 e. The molecule has 4 heteroatoms. The Bertz CT molecular complexity index is 74.4. The fourth-order valence-corrected chi connectivity index (χ4v) is 0.330. The van der Waals surface area contributed by atoms with Gasteiger partial charge in [-0.05, 0) is 6.42 Å². The number of nitrogens with two attached hydrogens (primary N) is 2. The third kappa shape index (κ3) is 5.39. The van der Waals surface area contributed by atoms with Crippen LogP contribution < -0.4 is 11.6 Å². The molecule has 0 radical (unpaired) electrons. The summed E-state index contributed by atoms with van der Waals surface area (Å²) in [4.78, 5) is 14.2. The van der Waals surface area contributed by atoms with Crippen LogP contribution in [0.3, 0.4) is 0 Å². The lowest BCUT2D eigenvalue weighted by Crippen LogP contribution is -2.12. The van der Waals surface area contributed by atoms with Gasteiger partial charge in [-0.3, -0.25) is 4.79 Å². The van der Waals surface area contributed by atoms with Gasteiger partial charge in [0.1, 0.15) is 0 Å². The topological polar surface area (TPSA) is 78.3 Å². The molecule has 0 fully saturated rings. The van der Waals surface area contributed by atoms with Crippen LogP contribution in [-0.2, 0) is 9.63 Å². The van der Waals surface area contributed by atoms with E-state index in [1.165, 1.54) is 0 Å². The fourth-order valence-electron chi connectivity index (χ4n) is 0.330. The van der Waals surface area contributed by atoms with Crippen molar-refractivity contribution in [1.29, 1.82) is 0 Å². The molecule has 0 heterocycles. The Morgan fingerprint density at radius 1 is 1.62 bits per heavy atom. The number of hydrogen-bond acceptors (Lipinski definition) is 3. The lowest BCUT2D eigenvalue weighted by molar-refractivity contribution is -0.118. The molecule has 48 valence electrons. The molecule has 0 unspecified atom stereocenters. The first-order valence-electron chi connectivity index (χ1n) is 2.37. The second-order valence-corrected chi connectivity index (χ2v) is 1.44. The average molecular weight is 118 g/mol. The van der Waals surface area contributed by atoms with Gasteiger partial charge in [0.2, 0.25) is 5.91 Å². The van der Waals surface area contributed by atoms with E-state index in [2.05, 4.69) is 10.7 Å². The molecule has 0 aromatic heterocycles. The van der Waals surface area contributed by atoms with Gasteiger partial charge in [-0.25, -0.2) is 5.90 Å². The Hall–Kier alpha value is -0.610. The molecule has 0 rings (SSSR count). The Labute approximate surface area is 47.7 Å². The van der Waals surface area contributed by atoms with Gasteiger partial charge in [0, 0.05) is 6.42 Å². The summed E-state index contributed by atoms with van der Waals surface area (Å²) in [5.74, 6) is 4.35. The average Bonchev–Trinajstić information content (AvgIpc) is 1.66. The number of carbonyl (C=O) groups excluding carboxylic acids is 1. The van der Waals surface area contributed by atoms with Crippen LogP contribution in [0.2, 0.25) is 0 Å². The van der Waals surface area contributed by atoms with Crippen molar-refractivity contribution in [2.45, 2.75) is 12.8 Å². The van der Waals surface area contributed by atoms with Crippen molar-refractivity contribution in [1.82, 2.24) is 0 Å². The maximum Gasteiger partial charge on any atom is 0.217 e. The fraction of sp³-hybridized carbons (Fsp3) is 0.750. The van der Waals surface area contributed by atoms with Crippen LogP contribution in [-0.4, -0.2) is 12.5 Å². The number of hydrogen-bond donors (Lipinski definition) is 2. The summed E-state index contributed by atoms with van der Waals surface area (Å²) in [5, 5.41) is 0. The van der Waals surface area contributed by atoms with Crippen LogP contribution in [0.5, 0.6) is 0 Å². The van der Waals surface area contributed by atoms with Gasteiger partial charge in [0.15, 0.2) is 0 Å². The molecule has 0 spiro atoms. The first kappa shape index (κ1) is 7.39. The second-order valence-electron chi connectivity index (χ2n) is 1.44. The van der Waals surface area contributed by atoms with Crippen LogP contribution in [0.4, 0.5) is 0 Å². The molecule has 0 saturated carbocycles. The lowest BCUT2D eigenvalue weighted by atomic mass is 10.3. The summed E-state index contributed by atoms with van der Waals surface area (Å²) in [6.45, 7) is 0.392. The van der Waals surface area contributed by atoms with Crippen molar-refractivity contribution in [2.24, 2.45) is 11.6 Å². The van der Waals surface area contributed by atoms with E-state index in [9.17, 15) is 4.79 Å². The quantitative estimate of drug-likeness (QED) is 0.372. The van der Waals surface area contributed by atoms with E-state index in [-0.39, 0.29) is 5.91 Å². The molecule has 0 saturated heterocycles. The Kier molecular flexibility index (Phi) is 4.20. The van der Waals surface area contributed by atoms with Crippen LogP contribution in [0.15, 0.2) is 0 Å². The molecule has 8 heavy (non-hydrogen) atoms. The molecule has 1 amide bonds. The minimum Gasteiger partial charge on any atom is -0.370 e. The summed E-state index contributed by atoms with van der Waals surface area (Å²) < 4.78 is 0. The van der Waals surface area contributed by atoms with Crippen LogP contribution >= 0.6 is 0 Å². The highest BCUT2D eigenvalue weighted by Gasteiger charge is 1.91. The largest absolute Gasteiger partial charge is 0.370 e. The first-order chi connectivity index (χ1) is 3.77. The Morgan fingerprint density at radius 3 is 2.62 bits per heavy atom. The normalized spacial score (nSPS) is 9.12. The standard InChI is InChI=1S/C4H10N2O2/c5-4(7)2-1-3-8-6/h1-3,6H2,(H2,5,7). The van der Waals surface area contributed by atoms with E-state index in [1.807, 2.05) is 0 Å². The van der Waals surface area contributed by atoms with Crippen LogP contribution in [0, 0.1) is 0 Å². The maximum atomic E-state index is 10.00. The van der Waals surface area contributed by atoms with E-state index in [0.717, 1.165) is 0 Å². The zero-order valence-corrected chi connectivity index (χ0v) is 4.59. The van der Waals surface area contributed by atoms with E-state index in [0.29, 0.717) is 19.4 Å². The highest BCUT2D eigenvalue weighted by Crippen LogP contribution is 1.84. The SMILES string of the molecule is NOCCCC(N)=O. The van der Waals surface area contributed by atoms with Crippen LogP contribution in [0.25, 0.3) is 0 Å². The molecule has 4 nitrogen and oxygen atoms in total. The second kappa shape index (κ2) is 4.55. The lowest BCUT2D eigenvalue weighted by Gasteiger charge is -1.92. The highest BCUT2D eigenvalue weighted by atomic mass is 16.6. The van der Waals surface area contributed by atoms with Gasteiger partial charge in [-0.1, -0.05) is 0 Å². The third-order valence-corrected chi connectivity index (χ3v) is 0.685. The molecule has 0 aromatic rings. The maximum absolute atomic E-state index is 10.00. The van der Waals surface area contributed by atoms with Crippen molar-refractivity contribution >= 4 is 5.91 Å². The molecule has 0 atom stereocenters. The molecule has 0 aliphatic heterocycles. The van der Waals surface area contributed by atoms with E-state index in [4.69, 9.17) is 5.73 Å². The highest BCUT2D eigenvalue weighted by molar-refractivity contribution is 5.73. The number of rotatable bonds is 4. The van der Waals surface area contributed by atoms with Crippen molar-refractivity contribution in [3.05, 3.63) is 0 Å². The molecular weight excluding hydrogens is 108 g/mol. The van der Waals surface area contributed by atoms with Crippen LogP contribution in [0.1, 0.15) is 12.8 Å². The zero-order chi connectivity index (χ0) is 6.41. The molecule has 0 bridgehead atoms. The molecule has 0 aliphatic rings. The number of carbonyl (C=O) groups is 1. The number of amides is 1. The van der Waals surface area contributed by atoms with E-state index >= 15 is 0 Å².